The fraction of sp³-hybridized carbons (Fsp3) is 0.909. The maximum atomic E-state index is 5.69. The number of ether oxygens (including phenoxy) is 1. The summed E-state index contributed by atoms with van der Waals surface area (Å²) in [6.07, 6.45) is 2.79. The average Bonchev–Trinajstić information content (AvgIpc) is 2.59. The van der Waals surface area contributed by atoms with Gasteiger partial charge in [-0.3, -0.25) is 0 Å². The molecule has 1 heterocycles. The van der Waals surface area contributed by atoms with Gasteiger partial charge in [-0.15, -0.1) is 0 Å². The van der Waals surface area contributed by atoms with E-state index in [9.17, 15) is 0 Å². The summed E-state index contributed by atoms with van der Waals surface area (Å²) in [5.74, 6) is 0.665. The number of amidine groups is 1. The molecular weight excluding hydrogens is 176 g/mol. The molecule has 0 radical (unpaired) electrons. The van der Waals surface area contributed by atoms with Crippen LogP contribution >= 0.6 is 0 Å². The molecular formula is C11H18N2O. The van der Waals surface area contributed by atoms with E-state index in [1.165, 1.54) is 12.8 Å². The summed E-state index contributed by atoms with van der Waals surface area (Å²) in [5, 5.41) is 0. The number of rotatable bonds is 0. The molecule has 3 nitrogen and oxygen atoms in total. The van der Waals surface area contributed by atoms with Crippen LogP contribution in [0.5, 0.6) is 0 Å². The molecule has 2 saturated carbocycles. The largest absolute Gasteiger partial charge is 0.459 e. The van der Waals surface area contributed by atoms with E-state index in [1.54, 1.807) is 0 Å². The van der Waals surface area contributed by atoms with Crippen molar-refractivity contribution in [2.75, 3.05) is 0 Å². The maximum Gasteiger partial charge on any atom is 0.282 e. The van der Waals surface area contributed by atoms with Crippen molar-refractivity contribution in [3.8, 4) is 0 Å². The van der Waals surface area contributed by atoms with Crippen molar-refractivity contribution in [3.63, 3.8) is 0 Å². The number of hydrogen-bond acceptors (Lipinski definition) is 3. The van der Waals surface area contributed by atoms with Crippen molar-refractivity contribution in [3.05, 3.63) is 0 Å². The average molecular weight is 194 g/mol. The van der Waals surface area contributed by atoms with E-state index >= 15 is 0 Å². The van der Waals surface area contributed by atoms with Crippen molar-refractivity contribution in [1.82, 2.24) is 0 Å². The van der Waals surface area contributed by atoms with Gasteiger partial charge in [-0.1, -0.05) is 20.8 Å². The zero-order valence-corrected chi connectivity index (χ0v) is 9.08. The van der Waals surface area contributed by atoms with Crippen LogP contribution in [0, 0.1) is 16.7 Å². The third-order valence-corrected chi connectivity index (χ3v) is 5.25. The van der Waals surface area contributed by atoms with Crippen LogP contribution in [0.15, 0.2) is 4.99 Å². The normalized spacial score (nSPS) is 52.8. The Kier molecular flexibility index (Phi) is 1.28. The smallest absolute Gasteiger partial charge is 0.282 e. The second-order valence-corrected chi connectivity index (χ2v) is 5.78. The van der Waals surface area contributed by atoms with Gasteiger partial charge in [0.25, 0.3) is 6.02 Å². The third-order valence-electron chi connectivity index (χ3n) is 5.25. The summed E-state index contributed by atoms with van der Waals surface area (Å²) in [6, 6.07) is 0.748. The van der Waals surface area contributed by atoms with Gasteiger partial charge in [0.1, 0.15) is 6.10 Å². The van der Waals surface area contributed by atoms with Gasteiger partial charge in [-0.05, 0) is 24.2 Å². The van der Waals surface area contributed by atoms with E-state index < -0.39 is 0 Å². The van der Waals surface area contributed by atoms with Crippen molar-refractivity contribution >= 4 is 6.02 Å². The summed E-state index contributed by atoms with van der Waals surface area (Å²) in [6.45, 7) is 7.06. The Balaban J connectivity index is 2.08. The molecule has 0 aromatic heterocycles. The highest BCUT2D eigenvalue weighted by Crippen LogP contribution is 2.67. The second kappa shape index (κ2) is 2.10. The molecule has 4 atom stereocenters. The van der Waals surface area contributed by atoms with Gasteiger partial charge in [-0.2, -0.15) is 0 Å². The topological polar surface area (TPSA) is 47.6 Å². The quantitative estimate of drug-likeness (QED) is 0.635. The van der Waals surface area contributed by atoms with Crippen molar-refractivity contribution in [2.45, 2.75) is 45.8 Å². The Morgan fingerprint density at radius 3 is 2.79 bits per heavy atom. The highest BCUT2D eigenvalue weighted by Gasteiger charge is 2.69. The summed E-state index contributed by atoms with van der Waals surface area (Å²) < 4.78 is 5.69. The zero-order valence-electron chi connectivity index (χ0n) is 9.08. The van der Waals surface area contributed by atoms with Gasteiger partial charge in [0, 0.05) is 5.41 Å². The minimum atomic E-state index is 0.247. The molecule has 3 heteroatoms. The Labute approximate surface area is 84.7 Å². The van der Waals surface area contributed by atoms with Gasteiger partial charge in [0.2, 0.25) is 0 Å². The van der Waals surface area contributed by atoms with Crippen LogP contribution in [0.25, 0.3) is 0 Å². The minimum absolute atomic E-state index is 0.247. The zero-order chi connectivity index (χ0) is 10.1. The molecule has 78 valence electrons. The lowest BCUT2D eigenvalue weighted by Crippen LogP contribution is -2.39. The highest BCUT2D eigenvalue weighted by molar-refractivity contribution is 5.74. The highest BCUT2D eigenvalue weighted by atomic mass is 16.5. The minimum Gasteiger partial charge on any atom is -0.459 e. The van der Waals surface area contributed by atoms with Gasteiger partial charge < -0.3 is 10.5 Å². The lowest BCUT2D eigenvalue weighted by atomic mass is 9.70. The van der Waals surface area contributed by atoms with Crippen LogP contribution in [0.3, 0.4) is 0 Å². The molecule has 1 aliphatic heterocycles. The first-order chi connectivity index (χ1) is 6.47. The first-order valence-corrected chi connectivity index (χ1v) is 5.47. The molecule has 3 rings (SSSR count). The standard InChI is InChI=1S/C11H18N2O/c1-10(2)6-4-5-11(10,3)8-7(6)13-9(12)14-8/h6-8H,4-5H2,1-3H3,(H2,12,13)/t6-,7-,8-,11+/m1/s1. The fourth-order valence-corrected chi connectivity index (χ4v) is 3.92. The third kappa shape index (κ3) is 0.665. The van der Waals surface area contributed by atoms with Crippen LogP contribution < -0.4 is 5.73 Å². The fourth-order valence-electron chi connectivity index (χ4n) is 3.92. The summed E-state index contributed by atoms with van der Waals surface area (Å²) in [5.41, 5.74) is 6.28. The molecule has 2 bridgehead atoms. The van der Waals surface area contributed by atoms with E-state index in [0.29, 0.717) is 23.4 Å². The Morgan fingerprint density at radius 1 is 1.43 bits per heavy atom. The van der Waals surface area contributed by atoms with Crippen LogP contribution in [-0.2, 0) is 4.74 Å². The molecule has 0 amide bonds. The van der Waals surface area contributed by atoms with Gasteiger partial charge >= 0.3 is 0 Å². The molecule has 0 aromatic carbocycles. The molecule has 0 aromatic rings. The van der Waals surface area contributed by atoms with Crippen molar-refractivity contribution in [2.24, 2.45) is 27.5 Å². The Bertz CT molecular complexity index is 323. The molecule has 3 aliphatic rings. The number of nitrogens with two attached hydrogens (primary N) is 1. The molecule has 0 saturated heterocycles. The summed E-state index contributed by atoms with van der Waals surface area (Å²) in [7, 11) is 0. The second-order valence-electron chi connectivity index (χ2n) is 5.78. The number of hydrogen-bond donors (Lipinski definition) is 1. The molecule has 2 N–H and O–H groups in total. The predicted octanol–water partition coefficient (Wildman–Crippen LogP) is 1.52. The summed E-state index contributed by atoms with van der Waals surface area (Å²) >= 11 is 0. The molecule has 0 unspecified atom stereocenters. The SMILES string of the molecule is CC1(C)[C@@H]2CC[C@@]1(C)[C@@H]1OC(N)=N[C@H]21. The summed E-state index contributed by atoms with van der Waals surface area (Å²) in [4.78, 5) is 4.45. The Morgan fingerprint density at radius 2 is 2.14 bits per heavy atom. The first-order valence-electron chi connectivity index (χ1n) is 5.47. The molecule has 0 spiro atoms. The first kappa shape index (κ1) is 8.57. The van der Waals surface area contributed by atoms with Gasteiger partial charge in [0.15, 0.2) is 0 Å². The van der Waals surface area contributed by atoms with Crippen LogP contribution in [0.4, 0.5) is 0 Å². The van der Waals surface area contributed by atoms with E-state index in [2.05, 4.69) is 25.8 Å². The number of aliphatic imine (C=N–C) groups is 1. The van der Waals surface area contributed by atoms with Gasteiger partial charge in [-0.25, -0.2) is 4.99 Å². The van der Waals surface area contributed by atoms with E-state index in [-0.39, 0.29) is 11.5 Å². The van der Waals surface area contributed by atoms with Crippen LogP contribution in [-0.4, -0.2) is 18.2 Å². The maximum absolute atomic E-state index is 5.69. The Hall–Kier alpha value is -0.730. The molecule has 2 aliphatic carbocycles. The van der Waals surface area contributed by atoms with Crippen molar-refractivity contribution in [1.29, 1.82) is 0 Å². The number of fused-ring (bicyclic) bond motifs is 5. The van der Waals surface area contributed by atoms with Gasteiger partial charge in [0.05, 0.1) is 6.04 Å². The van der Waals surface area contributed by atoms with Crippen LogP contribution in [0.2, 0.25) is 0 Å². The van der Waals surface area contributed by atoms with E-state index in [0.717, 1.165) is 0 Å². The molecule has 14 heavy (non-hydrogen) atoms. The van der Waals surface area contributed by atoms with E-state index in [1.807, 2.05) is 0 Å². The van der Waals surface area contributed by atoms with Crippen molar-refractivity contribution < 1.29 is 4.74 Å². The monoisotopic (exact) mass is 194 g/mol. The van der Waals surface area contributed by atoms with E-state index in [4.69, 9.17) is 10.5 Å². The molecule has 2 fully saturated rings. The lowest BCUT2D eigenvalue weighted by molar-refractivity contribution is 0.0272. The lowest BCUT2D eigenvalue weighted by Gasteiger charge is -2.37. The predicted molar refractivity (Wildman–Crippen MR) is 54.9 cm³/mol. The number of nitrogens with zero attached hydrogens (tertiary/aromatic N) is 1. The van der Waals surface area contributed by atoms with Crippen LogP contribution in [0.1, 0.15) is 33.6 Å².